The van der Waals surface area contributed by atoms with Gasteiger partial charge in [0.1, 0.15) is 0 Å². The highest BCUT2D eigenvalue weighted by atomic mass is 16.5. The van der Waals surface area contributed by atoms with Crippen LogP contribution >= 0.6 is 0 Å². The maximum absolute atomic E-state index is 5.78. The molecule has 0 aliphatic heterocycles. The van der Waals surface area contributed by atoms with E-state index >= 15 is 0 Å². The van der Waals surface area contributed by atoms with Crippen LogP contribution in [-0.2, 0) is 4.74 Å². The van der Waals surface area contributed by atoms with Crippen molar-refractivity contribution in [2.45, 2.75) is 37.8 Å². The predicted octanol–water partition coefficient (Wildman–Crippen LogP) is 1.60. The maximum atomic E-state index is 5.78. The molecule has 0 spiro atoms. The molecule has 4 nitrogen and oxygen atoms in total. The summed E-state index contributed by atoms with van der Waals surface area (Å²) in [5, 5.41) is 0. The van der Waals surface area contributed by atoms with Crippen LogP contribution in [0.2, 0.25) is 0 Å². The minimum Gasteiger partial charge on any atom is -0.379 e. The summed E-state index contributed by atoms with van der Waals surface area (Å²) in [6, 6.07) is 0.372. The molecule has 2 atom stereocenters. The first-order valence-electron chi connectivity index (χ1n) is 5.14. The number of nitrogen functional groups attached to an aromatic ring is 1. The van der Waals surface area contributed by atoms with E-state index in [9.17, 15) is 0 Å². The van der Waals surface area contributed by atoms with Crippen molar-refractivity contribution in [2.75, 3.05) is 12.8 Å². The fourth-order valence-electron chi connectivity index (χ4n) is 2.28. The summed E-state index contributed by atoms with van der Waals surface area (Å²) in [5.41, 5.74) is 5.78. The third-order valence-corrected chi connectivity index (χ3v) is 3.03. The average Bonchev–Trinajstić information content (AvgIpc) is 2.64. The molecule has 14 heavy (non-hydrogen) atoms. The Morgan fingerprint density at radius 1 is 1.50 bits per heavy atom. The summed E-state index contributed by atoms with van der Waals surface area (Å²) in [4.78, 5) is 4.05. The molecule has 1 aromatic rings. The molecular formula is C10H17N3O. The van der Waals surface area contributed by atoms with Crippen LogP contribution in [0.3, 0.4) is 0 Å². The molecule has 2 N–H and O–H groups in total. The Hall–Kier alpha value is -1.03. The third kappa shape index (κ3) is 1.62. The monoisotopic (exact) mass is 195 g/mol. The van der Waals surface area contributed by atoms with Gasteiger partial charge in [0.25, 0.3) is 0 Å². The van der Waals surface area contributed by atoms with Crippen molar-refractivity contribution in [1.29, 1.82) is 0 Å². The van der Waals surface area contributed by atoms with E-state index in [0.29, 0.717) is 18.1 Å². The molecular weight excluding hydrogens is 178 g/mol. The highest BCUT2D eigenvalue weighted by Gasteiger charge is 2.27. The lowest BCUT2D eigenvalue weighted by Gasteiger charge is -2.31. The van der Waals surface area contributed by atoms with Crippen LogP contribution in [-0.4, -0.2) is 22.8 Å². The molecule has 1 heterocycles. The number of aromatic nitrogens is 2. The second-order valence-corrected chi connectivity index (χ2v) is 3.82. The topological polar surface area (TPSA) is 53.1 Å². The first-order chi connectivity index (χ1) is 6.83. The molecule has 0 aromatic carbocycles. The van der Waals surface area contributed by atoms with Gasteiger partial charge < -0.3 is 15.0 Å². The van der Waals surface area contributed by atoms with Crippen LogP contribution in [0.5, 0.6) is 0 Å². The molecule has 2 rings (SSSR count). The Morgan fingerprint density at radius 3 is 2.93 bits per heavy atom. The summed E-state index contributed by atoms with van der Waals surface area (Å²) in [5.74, 6) is 0.596. The lowest BCUT2D eigenvalue weighted by molar-refractivity contribution is 0.0297. The van der Waals surface area contributed by atoms with Crippen molar-refractivity contribution < 1.29 is 4.74 Å². The number of hydrogen-bond donors (Lipinski definition) is 1. The number of anilines is 1. The Balaban J connectivity index is 2.19. The SMILES string of the molecule is COC1CCCCC1n1ccnc1N. The van der Waals surface area contributed by atoms with Gasteiger partial charge in [-0.2, -0.15) is 0 Å². The zero-order chi connectivity index (χ0) is 9.97. The van der Waals surface area contributed by atoms with Crippen molar-refractivity contribution in [3.05, 3.63) is 12.4 Å². The second kappa shape index (κ2) is 4.00. The normalized spacial score (nSPS) is 27.8. The van der Waals surface area contributed by atoms with Crippen LogP contribution in [0, 0.1) is 0 Å². The lowest BCUT2D eigenvalue weighted by atomic mass is 9.92. The van der Waals surface area contributed by atoms with E-state index < -0.39 is 0 Å². The van der Waals surface area contributed by atoms with Gasteiger partial charge in [-0.1, -0.05) is 12.8 Å². The fourth-order valence-corrected chi connectivity index (χ4v) is 2.28. The Labute approximate surface area is 84.1 Å². The first-order valence-corrected chi connectivity index (χ1v) is 5.14. The number of nitrogens with two attached hydrogens (primary N) is 1. The van der Waals surface area contributed by atoms with Crippen LogP contribution in [0.15, 0.2) is 12.4 Å². The Bertz CT molecular complexity index is 297. The lowest BCUT2D eigenvalue weighted by Crippen LogP contribution is -2.29. The third-order valence-electron chi connectivity index (χ3n) is 3.03. The highest BCUT2D eigenvalue weighted by molar-refractivity contribution is 5.18. The van der Waals surface area contributed by atoms with Crippen molar-refractivity contribution in [3.63, 3.8) is 0 Å². The predicted molar refractivity (Wildman–Crippen MR) is 54.9 cm³/mol. The van der Waals surface area contributed by atoms with Gasteiger partial charge in [0.2, 0.25) is 0 Å². The van der Waals surface area contributed by atoms with Gasteiger partial charge in [-0.3, -0.25) is 0 Å². The van der Waals surface area contributed by atoms with E-state index in [2.05, 4.69) is 4.98 Å². The van der Waals surface area contributed by atoms with E-state index in [0.717, 1.165) is 12.8 Å². The summed E-state index contributed by atoms with van der Waals surface area (Å²) in [7, 11) is 1.77. The number of ether oxygens (including phenoxy) is 1. The molecule has 0 radical (unpaired) electrons. The van der Waals surface area contributed by atoms with Crippen molar-refractivity contribution in [2.24, 2.45) is 0 Å². The largest absolute Gasteiger partial charge is 0.379 e. The number of nitrogens with zero attached hydrogens (tertiary/aromatic N) is 2. The van der Waals surface area contributed by atoms with E-state index in [1.165, 1.54) is 12.8 Å². The summed E-state index contributed by atoms with van der Waals surface area (Å²) in [6.45, 7) is 0. The van der Waals surface area contributed by atoms with E-state index in [1.54, 1.807) is 13.3 Å². The summed E-state index contributed by atoms with van der Waals surface area (Å²) >= 11 is 0. The Morgan fingerprint density at radius 2 is 2.29 bits per heavy atom. The molecule has 0 amide bonds. The molecule has 1 aliphatic rings. The molecule has 2 unspecified atom stereocenters. The van der Waals surface area contributed by atoms with Crippen LogP contribution in [0.1, 0.15) is 31.7 Å². The van der Waals surface area contributed by atoms with Crippen molar-refractivity contribution in [1.82, 2.24) is 9.55 Å². The van der Waals surface area contributed by atoms with Crippen molar-refractivity contribution >= 4 is 5.95 Å². The highest BCUT2D eigenvalue weighted by Crippen LogP contribution is 2.31. The van der Waals surface area contributed by atoms with Crippen LogP contribution in [0.4, 0.5) is 5.95 Å². The summed E-state index contributed by atoms with van der Waals surface area (Å²) in [6.07, 6.45) is 8.75. The number of imidazole rings is 1. The zero-order valence-corrected chi connectivity index (χ0v) is 8.52. The fraction of sp³-hybridized carbons (Fsp3) is 0.700. The standard InChI is InChI=1S/C10H17N3O/c1-14-9-5-3-2-4-8(9)13-7-6-12-10(13)11/h6-9H,2-5H2,1H3,(H2,11,12). The van der Waals surface area contributed by atoms with E-state index in [1.807, 2.05) is 10.8 Å². The molecule has 0 saturated heterocycles. The quantitative estimate of drug-likeness (QED) is 0.779. The van der Waals surface area contributed by atoms with Gasteiger partial charge >= 0.3 is 0 Å². The van der Waals surface area contributed by atoms with Gasteiger partial charge in [0, 0.05) is 19.5 Å². The summed E-state index contributed by atoms with van der Waals surface area (Å²) < 4.78 is 7.51. The molecule has 1 fully saturated rings. The molecule has 1 saturated carbocycles. The number of rotatable bonds is 2. The van der Waals surface area contributed by atoms with Crippen LogP contribution < -0.4 is 5.73 Å². The molecule has 4 heteroatoms. The average molecular weight is 195 g/mol. The second-order valence-electron chi connectivity index (χ2n) is 3.82. The molecule has 0 bridgehead atoms. The first kappa shape index (κ1) is 9.52. The molecule has 1 aromatic heterocycles. The number of methoxy groups -OCH3 is 1. The minimum absolute atomic E-state index is 0.292. The van der Waals surface area contributed by atoms with Gasteiger partial charge in [-0.25, -0.2) is 4.98 Å². The van der Waals surface area contributed by atoms with Crippen molar-refractivity contribution in [3.8, 4) is 0 Å². The van der Waals surface area contributed by atoms with Gasteiger partial charge in [-0.15, -0.1) is 0 Å². The minimum atomic E-state index is 0.292. The number of hydrogen-bond acceptors (Lipinski definition) is 3. The Kier molecular flexibility index (Phi) is 2.72. The smallest absolute Gasteiger partial charge is 0.200 e. The molecule has 1 aliphatic carbocycles. The maximum Gasteiger partial charge on any atom is 0.200 e. The molecule has 78 valence electrons. The van der Waals surface area contributed by atoms with Gasteiger partial charge in [-0.05, 0) is 12.8 Å². The van der Waals surface area contributed by atoms with Gasteiger partial charge in [0.05, 0.1) is 12.1 Å². The van der Waals surface area contributed by atoms with E-state index in [4.69, 9.17) is 10.5 Å². The van der Waals surface area contributed by atoms with Crippen LogP contribution in [0.25, 0.3) is 0 Å². The van der Waals surface area contributed by atoms with Gasteiger partial charge in [0.15, 0.2) is 5.95 Å². The van der Waals surface area contributed by atoms with E-state index in [-0.39, 0.29) is 0 Å². The zero-order valence-electron chi connectivity index (χ0n) is 8.52.